The molecule has 0 amide bonds. The molecule has 0 saturated heterocycles. The van der Waals surface area contributed by atoms with Crippen LogP contribution in [0.4, 0.5) is 0 Å². The van der Waals surface area contributed by atoms with Gasteiger partial charge in [0.25, 0.3) is 0 Å². The third-order valence-electron chi connectivity index (χ3n) is 4.21. The smallest absolute Gasteiger partial charge is 0.191 e. The molecule has 0 atom stereocenters. The van der Waals surface area contributed by atoms with Crippen LogP contribution in [0.3, 0.4) is 0 Å². The van der Waals surface area contributed by atoms with Crippen molar-refractivity contribution in [1.29, 1.82) is 0 Å². The molecule has 1 fully saturated rings. The van der Waals surface area contributed by atoms with Gasteiger partial charge in [-0.2, -0.15) is 0 Å². The first-order valence-electron chi connectivity index (χ1n) is 8.64. The van der Waals surface area contributed by atoms with E-state index in [2.05, 4.69) is 20.8 Å². The second-order valence-electron chi connectivity index (χ2n) is 6.11. The summed E-state index contributed by atoms with van der Waals surface area (Å²) in [5.41, 5.74) is 1.18. The van der Waals surface area contributed by atoms with Gasteiger partial charge >= 0.3 is 0 Å². The van der Waals surface area contributed by atoms with E-state index in [4.69, 9.17) is 9.15 Å². The predicted molar refractivity (Wildman–Crippen MR) is 97.0 cm³/mol. The zero-order valence-electron chi connectivity index (χ0n) is 14.2. The summed E-state index contributed by atoms with van der Waals surface area (Å²) in [4.78, 5) is 0. The summed E-state index contributed by atoms with van der Waals surface area (Å²) >= 11 is 1.70. The lowest BCUT2D eigenvalue weighted by Crippen LogP contribution is -2.05. The molecule has 2 heterocycles. The molecule has 6 heteroatoms. The summed E-state index contributed by atoms with van der Waals surface area (Å²) < 4.78 is 13.4. The number of para-hydroxylation sites is 1. The Morgan fingerprint density at radius 2 is 2.08 bits per heavy atom. The van der Waals surface area contributed by atoms with Crippen molar-refractivity contribution in [3.8, 4) is 5.75 Å². The van der Waals surface area contributed by atoms with Crippen LogP contribution in [-0.4, -0.2) is 21.4 Å². The summed E-state index contributed by atoms with van der Waals surface area (Å²) in [6.45, 7) is 3.36. The molecular weight excluding hydrogens is 334 g/mol. The van der Waals surface area contributed by atoms with Crippen molar-refractivity contribution >= 4 is 11.8 Å². The van der Waals surface area contributed by atoms with E-state index < -0.39 is 0 Å². The van der Waals surface area contributed by atoms with Crippen LogP contribution in [0.1, 0.15) is 42.8 Å². The fourth-order valence-electron chi connectivity index (χ4n) is 2.82. The third-order valence-corrected chi connectivity index (χ3v) is 5.23. The molecule has 130 valence electrons. The molecule has 1 saturated carbocycles. The maximum Gasteiger partial charge on any atom is 0.191 e. The summed E-state index contributed by atoms with van der Waals surface area (Å²) in [5, 5.41) is 9.83. The van der Waals surface area contributed by atoms with E-state index in [-0.39, 0.29) is 0 Å². The van der Waals surface area contributed by atoms with Crippen molar-refractivity contribution in [3.63, 3.8) is 0 Å². The lowest BCUT2D eigenvalue weighted by Gasteiger charge is -2.11. The second kappa shape index (κ2) is 7.35. The van der Waals surface area contributed by atoms with Gasteiger partial charge < -0.3 is 9.15 Å². The Morgan fingerprint density at radius 1 is 1.20 bits per heavy atom. The number of ether oxygens (including phenoxy) is 1. The SMILES string of the molecule is CCOc1ccccc1CSc1nnc(C2CC2)n1Cc1ccco1. The van der Waals surface area contributed by atoms with Crippen molar-refractivity contribution in [2.75, 3.05) is 6.61 Å². The van der Waals surface area contributed by atoms with E-state index in [1.165, 1.54) is 18.4 Å². The van der Waals surface area contributed by atoms with Crippen molar-refractivity contribution < 1.29 is 9.15 Å². The number of benzene rings is 1. The van der Waals surface area contributed by atoms with E-state index >= 15 is 0 Å². The van der Waals surface area contributed by atoms with Gasteiger partial charge in [0.05, 0.1) is 19.4 Å². The maximum absolute atomic E-state index is 5.72. The number of nitrogens with zero attached hydrogens (tertiary/aromatic N) is 3. The number of thioether (sulfide) groups is 1. The highest BCUT2D eigenvalue weighted by molar-refractivity contribution is 7.98. The molecule has 5 nitrogen and oxygen atoms in total. The maximum atomic E-state index is 5.72. The third kappa shape index (κ3) is 3.74. The standard InChI is InChI=1S/C19H21N3O2S/c1-2-23-17-8-4-3-6-15(17)13-25-19-21-20-18(14-9-10-14)22(19)12-16-7-5-11-24-16/h3-8,11,14H,2,9-10,12-13H2,1H3. The van der Waals surface area contributed by atoms with Crippen molar-refractivity contribution in [1.82, 2.24) is 14.8 Å². The van der Waals surface area contributed by atoms with E-state index in [9.17, 15) is 0 Å². The Kier molecular flexibility index (Phi) is 4.78. The highest BCUT2D eigenvalue weighted by Gasteiger charge is 2.30. The first kappa shape index (κ1) is 16.3. The minimum Gasteiger partial charge on any atom is -0.494 e. The molecule has 0 aliphatic heterocycles. The van der Waals surface area contributed by atoms with Crippen LogP contribution in [0.25, 0.3) is 0 Å². The van der Waals surface area contributed by atoms with Crippen LogP contribution in [0.5, 0.6) is 5.75 Å². The Bertz CT molecular complexity index is 825. The van der Waals surface area contributed by atoms with Crippen LogP contribution >= 0.6 is 11.8 Å². The molecule has 25 heavy (non-hydrogen) atoms. The molecule has 0 radical (unpaired) electrons. The molecule has 1 aliphatic rings. The molecule has 4 rings (SSSR count). The van der Waals surface area contributed by atoms with Gasteiger partial charge in [-0.05, 0) is 38.0 Å². The zero-order chi connectivity index (χ0) is 17.1. The number of furan rings is 1. The summed E-state index contributed by atoms with van der Waals surface area (Å²) in [7, 11) is 0. The largest absolute Gasteiger partial charge is 0.494 e. The number of rotatable bonds is 8. The molecule has 0 bridgehead atoms. The average Bonchev–Trinajstić information content (AvgIpc) is 3.19. The molecule has 1 aliphatic carbocycles. The lowest BCUT2D eigenvalue weighted by molar-refractivity contribution is 0.337. The molecule has 0 unspecified atom stereocenters. The summed E-state index contributed by atoms with van der Waals surface area (Å²) in [6.07, 6.45) is 4.11. The summed E-state index contributed by atoms with van der Waals surface area (Å²) in [5.74, 6) is 4.30. The quantitative estimate of drug-likeness (QED) is 0.557. The van der Waals surface area contributed by atoms with Gasteiger partial charge in [-0.15, -0.1) is 10.2 Å². The molecular formula is C19H21N3O2S. The van der Waals surface area contributed by atoms with Crippen molar-refractivity contribution in [2.24, 2.45) is 0 Å². The predicted octanol–water partition coefficient (Wildman–Crippen LogP) is 4.49. The van der Waals surface area contributed by atoms with Crippen LogP contribution < -0.4 is 4.74 Å². The van der Waals surface area contributed by atoms with Gasteiger partial charge in [-0.25, -0.2) is 0 Å². The van der Waals surface area contributed by atoms with Crippen LogP contribution in [0, 0.1) is 0 Å². The monoisotopic (exact) mass is 355 g/mol. The summed E-state index contributed by atoms with van der Waals surface area (Å²) in [6, 6.07) is 12.1. The first-order valence-corrected chi connectivity index (χ1v) is 9.62. The van der Waals surface area contributed by atoms with Gasteiger partial charge in [0.2, 0.25) is 0 Å². The Hall–Kier alpha value is -2.21. The van der Waals surface area contributed by atoms with E-state index in [0.29, 0.717) is 19.1 Å². The van der Waals surface area contributed by atoms with Gasteiger partial charge in [0, 0.05) is 17.2 Å². The minimum absolute atomic E-state index is 0.549. The van der Waals surface area contributed by atoms with E-state index in [0.717, 1.165) is 28.2 Å². The fourth-order valence-corrected chi connectivity index (χ4v) is 3.75. The highest BCUT2D eigenvalue weighted by Crippen LogP contribution is 2.40. The number of hydrogen-bond acceptors (Lipinski definition) is 5. The number of aromatic nitrogens is 3. The molecule has 1 aromatic carbocycles. The molecule has 0 spiro atoms. The van der Waals surface area contributed by atoms with Gasteiger partial charge in [0.15, 0.2) is 5.16 Å². The normalized spacial score (nSPS) is 14.0. The Balaban J connectivity index is 1.54. The van der Waals surface area contributed by atoms with Crippen molar-refractivity contribution in [2.45, 2.75) is 43.1 Å². The minimum atomic E-state index is 0.549. The van der Waals surface area contributed by atoms with Gasteiger partial charge in [-0.3, -0.25) is 4.57 Å². The Labute approximate surface area is 151 Å². The first-order chi connectivity index (χ1) is 12.3. The lowest BCUT2D eigenvalue weighted by atomic mass is 10.2. The topological polar surface area (TPSA) is 53.1 Å². The average molecular weight is 355 g/mol. The number of hydrogen-bond donors (Lipinski definition) is 0. The van der Waals surface area contributed by atoms with Gasteiger partial charge in [-0.1, -0.05) is 30.0 Å². The van der Waals surface area contributed by atoms with Crippen LogP contribution in [-0.2, 0) is 12.3 Å². The van der Waals surface area contributed by atoms with Gasteiger partial charge in [0.1, 0.15) is 17.3 Å². The second-order valence-corrected chi connectivity index (χ2v) is 7.05. The van der Waals surface area contributed by atoms with Crippen LogP contribution in [0.2, 0.25) is 0 Å². The highest BCUT2D eigenvalue weighted by atomic mass is 32.2. The zero-order valence-corrected chi connectivity index (χ0v) is 15.0. The molecule has 2 aromatic heterocycles. The molecule has 3 aromatic rings. The fraction of sp³-hybridized carbons (Fsp3) is 0.368. The van der Waals surface area contributed by atoms with E-state index in [1.807, 2.05) is 37.3 Å². The van der Waals surface area contributed by atoms with E-state index in [1.54, 1.807) is 18.0 Å². The van der Waals surface area contributed by atoms with Crippen LogP contribution in [0.15, 0.2) is 52.2 Å². The molecule has 0 N–H and O–H groups in total. The Morgan fingerprint density at radius 3 is 2.84 bits per heavy atom. The van der Waals surface area contributed by atoms with Crippen molar-refractivity contribution in [3.05, 3.63) is 59.8 Å².